The summed E-state index contributed by atoms with van der Waals surface area (Å²) in [6.45, 7) is 4.01. The van der Waals surface area contributed by atoms with Gasteiger partial charge < -0.3 is 10.6 Å². The molecule has 2 aromatic heterocycles. The van der Waals surface area contributed by atoms with Crippen LogP contribution < -0.4 is 10.6 Å². The van der Waals surface area contributed by atoms with E-state index in [9.17, 15) is 9.59 Å². The van der Waals surface area contributed by atoms with Crippen LogP contribution in [0.25, 0.3) is 22.8 Å². The number of nitrogens with one attached hydrogen (secondary N) is 2. The highest BCUT2D eigenvalue weighted by molar-refractivity contribution is 6.05. The van der Waals surface area contributed by atoms with Crippen LogP contribution in [0.5, 0.6) is 0 Å². The van der Waals surface area contributed by atoms with Crippen LogP contribution in [0.15, 0.2) is 97.1 Å². The van der Waals surface area contributed by atoms with E-state index in [2.05, 4.69) is 41.7 Å². The topological polar surface area (TPSA) is 145 Å². The van der Waals surface area contributed by atoms with Gasteiger partial charge in [0, 0.05) is 47.7 Å². The van der Waals surface area contributed by atoms with E-state index in [4.69, 9.17) is 0 Å². The number of anilines is 2. The quantitative estimate of drug-likeness (QED) is 0.281. The van der Waals surface area contributed by atoms with Crippen molar-refractivity contribution in [2.75, 3.05) is 10.6 Å². The van der Waals surface area contributed by atoms with Crippen LogP contribution in [0, 0.1) is 13.8 Å². The van der Waals surface area contributed by atoms with Crippen LogP contribution in [0.4, 0.5) is 11.4 Å². The Labute approximate surface area is 253 Å². The third kappa shape index (κ3) is 7.23. The highest BCUT2D eigenvalue weighted by atomic mass is 16.2. The van der Waals surface area contributed by atoms with Crippen molar-refractivity contribution < 1.29 is 9.59 Å². The zero-order chi connectivity index (χ0) is 31.1. The largest absolute Gasteiger partial charge is 0.322 e. The van der Waals surface area contributed by atoms with Crippen molar-refractivity contribution in [2.45, 2.75) is 13.8 Å². The van der Waals surface area contributed by atoms with Crippen molar-refractivity contribution in [1.82, 2.24) is 40.4 Å². The van der Waals surface area contributed by atoms with Gasteiger partial charge in [0.15, 0.2) is 11.6 Å². The van der Waals surface area contributed by atoms with E-state index in [1.54, 1.807) is 47.7 Å². The first-order valence-corrected chi connectivity index (χ1v) is 13.7. The number of aryl methyl sites for hydroxylation is 4. The number of hydrogen-bond acceptors (Lipinski definition) is 8. The fourth-order valence-electron chi connectivity index (χ4n) is 4.17. The average Bonchev–Trinajstić information content (AvgIpc) is 3.67. The summed E-state index contributed by atoms with van der Waals surface area (Å²) in [6.07, 6.45) is 0. The van der Waals surface area contributed by atoms with Crippen LogP contribution in [0.1, 0.15) is 31.8 Å². The average molecular weight is 587 g/mol. The molecule has 2 heterocycles. The lowest BCUT2D eigenvalue weighted by Crippen LogP contribution is -2.11. The van der Waals surface area contributed by atoms with Crippen LogP contribution in [0.2, 0.25) is 0 Å². The summed E-state index contributed by atoms with van der Waals surface area (Å²) in [5.41, 5.74) is 6.74. The third-order valence-electron chi connectivity index (χ3n) is 6.67. The molecular weight excluding hydrogens is 556 g/mol. The summed E-state index contributed by atoms with van der Waals surface area (Å²) < 4.78 is 3.17. The van der Waals surface area contributed by atoms with Crippen LogP contribution in [-0.4, -0.2) is 52.2 Å². The highest BCUT2D eigenvalue weighted by Crippen LogP contribution is 2.18. The minimum atomic E-state index is -0.147. The molecule has 0 bridgehead atoms. The molecule has 0 saturated heterocycles. The Morgan fingerprint density at radius 2 is 0.864 bits per heavy atom. The lowest BCUT2D eigenvalue weighted by Gasteiger charge is -2.06. The molecular formula is C32H30N10O2. The molecule has 0 aliphatic carbocycles. The number of carbonyl (C=O) groups excluding carboxylic acids is 2. The lowest BCUT2D eigenvalue weighted by atomic mass is 10.1. The maximum Gasteiger partial charge on any atom is 0.255 e. The van der Waals surface area contributed by atoms with Gasteiger partial charge in [-0.1, -0.05) is 59.7 Å². The second kappa shape index (κ2) is 13.3. The van der Waals surface area contributed by atoms with E-state index in [0.717, 1.165) is 33.6 Å². The van der Waals surface area contributed by atoms with Gasteiger partial charge in [0.2, 0.25) is 0 Å². The molecule has 2 N–H and O–H groups in total. The first-order valence-electron chi connectivity index (χ1n) is 13.7. The van der Waals surface area contributed by atoms with Crippen molar-refractivity contribution in [3.8, 4) is 22.8 Å². The second-order valence-corrected chi connectivity index (χ2v) is 10.0. The van der Waals surface area contributed by atoms with Gasteiger partial charge in [0.1, 0.15) is 0 Å². The SMILES string of the molecule is Cc1ccc(NC(=O)c2ccc(-c3nnnn3C)cc2)cc1.Cc1ccc(NC(=O)c2ccc(-c3nnnn3C)cc2)cc1. The molecule has 0 radical (unpaired) electrons. The summed E-state index contributed by atoms with van der Waals surface area (Å²) in [5, 5.41) is 28.4. The van der Waals surface area contributed by atoms with Gasteiger partial charge in [-0.2, -0.15) is 0 Å². The van der Waals surface area contributed by atoms with E-state index in [1.807, 2.05) is 86.6 Å². The van der Waals surface area contributed by atoms with Gasteiger partial charge in [-0.05, 0) is 83.2 Å². The molecule has 12 nitrogen and oxygen atoms in total. The molecule has 0 unspecified atom stereocenters. The van der Waals surface area contributed by atoms with Gasteiger partial charge in [-0.15, -0.1) is 10.2 Å². The summed E-state index contributed by atoms with van der Waals surface area (Å²) in [4.78, 5) is 24.4. The van der Waals surface area contributed by atoms with E-state index in [0.29, 0.717) is 22.8 Å². The molecule has 2 amide bonds. The highest BCUT2D eigenvalue weighted by Gasteiger charge is 2.11. The molecule has 6 rings (SSSR count). The molecule has 12 heteroatoms. The Balaban J connectivity index is 0.000000175. The van der Waals surface area contributed by atoms with Crippen LogP contribution in [-0.2, 0) is 14.1 Å². The fraction of sp³-hybridized carbons (Fsp3) is 0.125. The van der Waals surface area contributed by atoms with Crippen molar-refractivity contribution >= 4 is 23.2 Å². The molecule has 0 atom stereocenters. The Morgan fingerprint density at radius 1 is 0.523 bits per heavy atom. The van der Waals surface area contributed by atoms with Crippen molar-refractivity contribution in [3.05, 3.63) is 119 Å². The van der Waals surface area contributed by atoms with Crippen LogP contribution >= 0.6 is 0 Å². The Hall–Kier alpha value is -6.04. The van der Waals surface area contributed by atoms with Gasteiger partial charge in [0.05, 0.1) is 0 Å². The number of amides is 2. The number of tetrazole rings is 2. The first kappa shape index (κ1) is 29.5. The number of aromatic nitrogens is 8. The maximum atomic E-state index is 12.2. The standard InChI is InChI=1S/2C16H15N5O/c2*1-11-3-9-14(10-4-11)17-16(22)13-7-5-12(6-8-13)15-18-19-20-21(15)2/h2*3-10H,1-2H3,(H,17,22). The zero-order valence-electron chi connectivity index (χ0n) is 24.6. The number of nitrogens with zero attached hydrogens (tertiary/aromatic N) is 8. The molecule has 6 aromatic rings. The summed E-state index contributed by atoms with van der Waals surface area (Å²) in [6, 6.07) is 29.7. The molecule has 0 spiro atoms. The van der Waals surface area contributed by atoms with Gasteiger partial charge in [0.25, 0.3) is 11.8 Å². The van der Waals surface area contributed by atoms with Crippen molar-refractivity contribution in [1.29, 1.82) is 0 Å². The van der Waals surface area contributed by atoms with Crippen LogP contribution in [0.3, 0.4) is 0 Å². The van der Waals surface area contributed by atoms with Gasteiger partial charge in [-0.25, -0.2) is 9.36 Å². The van der Waals surface area contributed by atoms with Gasteiger partial charge in [-0.3, -0.25) is 9.59 Å². The molecule has 220 valence electrons. The van der Waals surface area contributed by atoms with E-state index >= 15 is 0 Å². The van der Waals surface area contributed by atoms with E-state index < -0.39 is 0 Å². The summed E-state index contributed by atoms with van der Waals surface area (Å²) >= 11 is 0. The third-order valence-corrected chi connectivity index (χ3v) is 6.67. The van der Waals surface area contributed by atoms with Gasteiger partial charge >= 0.3 is 0 Å². The minimum absolute atomic E-state index is 0.147. The maximum absolute atomic E-state index is 12.2. The molecule has 0 aliphatic rings. The second-order valence-electron chi connectivity index (χ2n) is 10.0. The number of rotatable bonds is 6. The van der Waals surface area contributed by atoms with E-state index in [1.165, 1.54) is 0 Å². The van der Waals surface area contributed by atoms with Crippen molar-refractivity contribution in [2.24, 2.45) is 14.1 Å². The summed E-state index contributed by atoms with van der Waals surface area (Å²) in [5.74, 6) is 1.02. The fourth-order valence-corrected chi connectivity index (χ4v) is 4.17. The molecule has 0 aliphatic heterocycles. The first-order chi connectivity index (χ1) is 21.3. The Morgan fingerprint density at radius 3 is 1.16 bits per heavy atom. The smallest absolute Gasteiger partial charge is 0.255 e. The lowest BCUT2D eigenvalue weighted by molar-refractivity contribution is 0.101. The predicted octanol–water partition coefficient (Wildman–Crippen LogP) is 4.88. The predicted molar refractivity (Wildman–Crippen MR) is 167 cm³/mol. The Bertz CT molecular complexity index is 1720. The number of hydrogen-bond donors (Lipinski definition) is 2. The molecule has 4 aromatic carbocycles. The summed E-state index contributed by atoms with van der Waals surface area (Å²) in [7, 11) is 3.54. The monoisotopic (exact) mass is 586 g/mol. The minimum Gasteiger partial charge on any atom is -0.322 e. The molecule has 44 heavy (non-hydrogen) atoms. The van der Waals surface area contributed by atoms with Crippen molar-refractivity contribution in [3.63, 3.8) is 0 Å². The van der Waals surface area contributed by atoms with E-state index in [-0.39, 0.29) is 11.8 Å². The molecule has 0 saturated carbocycles. The Kier molecular flexibility index (Phi) is 8.90. The number of carbonyl (C=O) groups is 2. The normalized spacial score (nSPS) is 10.5. The number of benzene rings is 4. The molecule has 0 fully saturated rings. The zero-order valence-corrected chi connectivity index (χ0v) is 24.6.